The van der Waals surface area contributed by atoms with Gasteiger partial charge in [-0.15, -0.1) is 0 Å². The van der Waals surface area contributed by atoms with Crippen molar-refractivity contribution >= 4 is 0 Å². The van der Waals surface area contributed by atoms with Crippen LogP contribution in [0.4, 0.5) is 0 Å². The second kappa shape index (κ2) is 6.47. The zero-order valence-corrected chi connectivity index (χ0v) is 11.9. The molecule has 0 atom stereocenters. The Kier molecular flexibility index (Phi) is 4.68. The second-order valence-electron chi connectivity index (χ2n) is 4.91. The zero-order chi connectivity index (χ0) is 13.7. The molecule has 0 aliphatic carbocycles. The van der Waals surface area contributed by atoms with Gasteiger partial charge in [-0.05, 0) is 6.42 Å². The summed E-state index contributed by atoms with van der Waals surface area (Å²) >= 11 is 0. The molecule has 0 radical (unpaired) electrons. The van der Waals surface area contributed by atoms with Crippen LogP contribution in [0.3, 0.4) is 0 Å². The van der Waals surface area contributed by atoms with Crippen LogP contribution in [0.1, 0.15) is 38.8 Å². The lowest BCUT2D eigenvalue weighted by Gasteiger charge is -2.11. The van der Waals surface area contributed by atoms with E-state index in [0.717, 1.165) is 37.7 Å². The fourth-order valence-corrected chi connectivity index (χ4v) is 1.91. The molecule has 2 aromatic rings. The number of nitrogens with one attached hydrogen (secondary N) is 1. The topological polar surface area (TPSA) is 60.6 Å². The summed E-state index contributed by atoms with van der Waals surface area (Å²) in [6, 6.07) is 0.453. The van der Waals surface area contributed by atoms with Crippen molar-refractivity contribution in [3.63, 3.8) is 0 Å². The molecule has 0 saturated carbocycles. The van der Waals surface area contributed by atoms with Crippen LogP contribution in [0, 0.1) is 0 Å². The van der Waals surface area contributed by atoms with Gasteiger partial charge in [-0.25, -0.2) is 14.6 Å². The Balaban J connectivity index is 2.06. The van der Waals surface area contributed by atoms with E-state index in [9.17, 15) is 0 Å². The normalized spacial score (nSPS) is 11.4. The molecule has 104 valence electrons. The van der Waals surface area contributed by atoms with E-state index in [1.807, 2.05) is 17.1 Å². The molecule has 6 heteroatoms. The molecule has 0 fully saturated rings. The second-order valence-corrected chi connectivity index (χ2v) is 4.91. The highest BCUT2D eigenvalue weighted by atomic mass is 15.3. The summed E-state index contributed by atoms with van der Waals surface area (Å²) < 4.78 is 4.07. The summed E-state index contributed by atoms with van der Waals surface area (Å²) in [5.74, 6) is 2.00. The molecule has 0 unspecified atom stereocenters. The van der Waals surface area contributed by atoms with E-state index in [1.165, 1.54) is 0 Å². The smallest absolute Gasteiger partial charge is 0.146 e. The maximum Gasteiger partial charge on any atom is 0.146 e. The lowest BCUT2D eigenvalue weighted by atomic mass is 10.4. The standard InChI is InChI=1S/C13H22N6/c1-4-6-19-13(16-10-17-19)9-18-7-5-14-12(18)8-15-11(2)3/h5,7,10-11,15H,4,6,8-9H2,1-3H3. The number of hydrogen-bond acceptors (Lipinski definition) is 4. The maximum absolute atomic E-state index is 4.39. The van der Waals surface area contributed by atoms with Crippen LogP contribution in [-0.4, -0.2) is 30.4 Å². The molecular formula is C13H22N6. The van der Waals surface area contributed by atoms with Gasteiger partial charge in [0.15, 0.2) is 0 Å². The first-order valence-corrected chi connectivity index (χ1v) is 6.80. The Morgan fingerprint density at radius 2 is 2.11 bits per heavy atom. The van der Waals surface area contributed by atoms with Gasteiger partial charge in [-0.2, -0.15) is 5.10 Å². The van der Waals surface area contributed by atoms with Crippen LogP contribution < -0.4 is 5.32 Å². The van der Waals surface area contributed by atoms with Gasteiger partial charge in [0.1, 0.15) is 18.0 Å². The summed E-state index contributed by atoms with van der Waals surface area (Å²) in [4.78, 5) is 8.72. The zero-order valence-electron chi connectivity index (χ0n) is 11.9. The average molecular weight is 262 g/mol. The number of aromatic nitrogens is 5. The summed E-state index contributed by atoms with van der Waals surface area (Å²) in [5.41, 5.74) is 0. The number of imidazole rings is 1. The molecule has 2 rings (SSSR count). The van der Waals surface area contributed by atoms with Crippen LogP contribution in [-0.2, 0) is 19.6 Å². The Morgan fingerprint density at radius 1 is 1.26 bits per heavy atom. The quantitative estimate of drug-likeness (QED) is 0.820. The lowest BCUT2D eigenvalue weighted by Crippen LogP contribution is -2.24. The predicted octanol–water partition coefficient (Wildman–Crippen LogP) is 1.43. The highest BCUT2D eigenvalue weighted by molar-refractivity contribution is 4.97. The van der Waals surface area contributed by atoms with Crippen molar-refractivity contribution in [2.24, 2.45) is 0 Å². The van der Waals surface area contributed by atoms with Crippen molar-refractivity contribution in [1.29, 1.82) is 0 Å². The molecule has 2 aromatic heterocycles. The Morgan fingerprint density at radius 3 is 2.84 bits per heavy atom. The van der Waals surface area contributed by atoms with Crippen LogP contribution in [0.2, 0.25) is 0 Å². The summed E-state index contributed by atoms with van der Waals surface area (Å²) in [6.45, 7) is 8.79. The first-order valence-electron chi connectivity index (χ1n) is 6.80. The van der Waals surface area contributed by atoms with Gasteiger partial charge < -0.3 is 9.88 Å². The monoisotopic (exact) mass is 262 g/mol. The van der Waals surface area contributed by atoms with Gasteiger partial charge >= 0.3 is 0 Å². The molecule has 0 aliphatic rings. The predicted molar refractivity (Wildman–Crippen MR) is 73.6 cm³/mol. The highest BCUT2D eigenvalue weighted by Crippen LogP contribution is 2.04. The molecular weight excluding hydrogens is 240 g/mol. The first-order chi connectivity index (χ1) is 9.20. The van der Waals surface area contributed by atoms with E-state index in [1.54, 1.807) is 6.33 Å². The third kappa shape index (κ3) is 3.64. The molecule has 1 N–H and O–H groups in total. The van der Waals surface area contributed by atoms with E-state index < -0.39 is 0 Å². The number of nitrogens with zero attached hydrogens (tertiary/aromatic N) is 5. The molecule has 0 amide bonds. The van der Waals surface area contributed by atoms with E-state index in [2.05, 4.69) is 45.7 Å². The van der Waals surface area contributed by atoms with Crippen LogP contribution >= 0.6 is 0 Å². The van der Waals surface area contributed by atoms with Gasteiger partial charge in [0.05, 0.1) is 13.1 Å². The summed E-state index contributed by atoms with van der Waals surface area (Å²) in [5, 5.41) is 7.63. The molecule has 6 nitrogen and oxygen atoms in total. The van der Waals surface area contributed by atoms with Crippen molar-refractivity contribution in [3.8, 4) is 0 Å². The first kappa shape index (κ1) is 13.7. The molecule has 2 heterocycles. The van der Waals surface area contributed by atoms with Gasteiger partial charge in [0.2, 0.25) is 0 Å². The van der Waals surface area contributed by atoms with E-state index >= 15 is 0 Å². The molecule has 0 aliphatic heterocycles. The van der Waals surface area contributed by atoms with Crippen LogP contribution in [0.15, 0.2) is 18.7 Å². The van der Waals surface area contributed by atoms with Crippen LogP contribution in [0.5, 0.6) is 0 Å². The maximum atomic E-state index is 4.39. The van der Waals surface area contributed by atoms with Gasteiger partial charge in [0.25, 0.3) is 0 Å². The fraction of sp³-hybridized carbons (Fsp3) is 0.615. The van der Waals surface area contributed by atoms with Crippen LogP contribution in [0.25, 0.3) is 0 Å². The lowest BCUT2D eigenvalue weighted by molar-refractivity contribution is 0.528. The molecule has 19 heavy (non-hydrogen) atoms. The van der Waals surface area contributed by atoms with Crippen molar-refractivity contribution < 1.29 is 0 Å². The Bertz CT molecular complexity index is 499. The fourth-order valence-electron chi connectivity index (χ4n) is 1.91. The van der Waals surface area contributed by atoms with E-state index in [-0.39, 0.29) is 0 Å². The highest BCUT2D eigenvalue weighted by Gasteiger charge is 2.08. The minimum Gasteiger partial charge on any atom is -0.326 e. The van der Waals surface area contributed by atoms with Crippen molar-refractivity contribution in [2.75, 3.05) is 0 Å². The number of aryl methyl sites for hydroxylation is 1. The van der Waals surface area contributed by atoms with Crippen molar-refractivity contribution in [3.05, 3.63) is 30.4 Å². The minimum absolute atomic E-state index is 0.453. The third-order valence-corrected chi connectivity index (χ3v) is 2.91. The molecule has 0 aromatic carbocycles. The van der Waals surface area contributed by atoms with E-state index in [4.69, 9.17) is 0 Å². The van der Waals surface area contributed by atoms with Crippen molar-refractivity contribution in [2.45, 2.75) is 52.9 Å². The van der Waals surface area contributed by atoms with Gasteiger partial charge in [-0.3, -0.25) is 0 Å². The Labute approximate surface area is 113 Å². The average Bonchev–Trinajstić information content (AvgIpc) is 2.98. The largest absolute Gasteiger partial charge is 0.326 e. The number of rotatable bonds is 7. The van der Waals surface area contributed by atoms with Gasteiger partial charge in [0, 0.05) is 25.0 Å². The SMILES string of the molecule is CCCn1ncnc1Cn1ccnc1CNC(C)C. The summed E-state index contributed by atoms with van der Waals surface area (Å²) in [6.07, 6.45) is 6.50. The number of hydrogen-bond donors (Lipinski definition) is 1. The minimum atomic E-state index is 0.453. The molecule has 0 bridgehead atoms. The van der Waals surface area contributed by atoms with Crippen molar-refractivity contribution in [1.82, 2.24) is 29.6 Å². The van der Waals surface area contributed by atoms with E-state index in [0.29, 0.717) is 6.04 Å². The summed E-state index contributed by atoms with van der Waals surface area (Å²) in [7, 11) is 0. The third-order valence-electron chi connectivity index (χ3n) is 2.91. The molecule has 0 spiro atoms. The van der Waals surface area contributed by atoms with Gasteiger partial charge in [-0.1, -0.05) is 20.8 Å². The molecule has 0 saturated heterocycles. The Hall–Kier alpha value is -1.69.